The van der Waals surface area contributed by atoms with Gasteiger partial charge in [-0.05, 0) is 31.2 Å². The number of carboxylic acid groups (broad SMARTS) is 1. The first-order valence-corrected chi connectivity index (χ1v) is 5.11. The summed E-state index contributed by atoms with van der Waals surface area (Å²) in [4.78, 5) is 14.8. The van der Waals surface area contributed by atoms with Crippen molar-refractivity contribution in [3.05, 3.63) is 36.3 Å². The van der Waals surface area contributed by atoms with Gasteiger partial charge in [0.15, 0.2) is 0 Å². The highest BCUT2D eigenvalue weighted by molar-refractivity contribution is 5.92. The van der Waals surface area contributed by atoms with Gasteiger partial charge < -0.3 is 10.4 Å². The number of carboxylic acids is 1. The van der Waals surface area contributed by atoms with Gasteiger partial charge in [0.1, 0.15) is 11.9 Å². The zero-order valence-corrected chi connectivity index (χ0v) is 9.14. The van der Waals surface area contributed by atoms with Crippen molar-refractivity contribution in [3.8, 4) is 0 Å². The first-order chi connectivity index (χ1) is 8.08. The average molecular weight is 234 g/mol. The molecule has 0 aliphatic heterocycles. The summed E-state index contributed by atoms with van der Waals surface area (Å²) in [5.74, 6) is -1.34. The van der Waals surface area contributed by atoms with E-state index in [-0.39, 0.29) is 5.82 Å². The van der Waals surface area contributed by atoms with Crippen LogP contribution in [0.15, 0.2) is 30.5 Å². The Morgan fingerprint density at radius 1 is 1.47 bits per heavy atom. The average Bonchev–Trinajstić information content (AvgIpc) is 2.29. The van der Waals surface area contributed by atoms with E-state index >= 15 is 0 Å². The number of fused-ring (bicyclic) bond motifs is 1. The number of halogens is 1. The summed E-state index contributed by atoms with van der Waals surface area (Å²) in [7, 11) is 0. The molecule has 0 saturated carbocycles. The lowest BCUT2D eigenvalue weighted by Crippen LogP contribution is -2.25. The van der Waals surface area contributed by atoms with Crippen molar-refractivity contribution >= 4 is 22.6 Å². The molecule has 2 rings (SSSR count). The third kappa shape index (κ3) is 2.33. The Kier molecular flexibility index (Phi) is 2.91. The molecule has 0 radical (unpaired) electrons. The molecular formula is C12H11FN2O2. The minimum absolute atomic E-state index is 0.378. The molecule has 5 heteroatoms. The maximum atomic E-state index is 13.1. The van der Waals surface area contributed by atoms with E-state index in [4.69, 9.17) is 5.11 Å². The van der Waals surface area contributed by atoms with E-state index in [2.05, 4.69) is 10.3 Å². The van der Waals surface area contributed by atoms with Crippen LogP contribution in [0.2, 0.25) is 0 Å². The smallest absolute Gasteiger partial charge is 0.325 e. The lowest BCUT2D eigenvalue weighted by Gasteiger charge is -2.12. The van der Waals surface area contributed by atoms with Crippen molar-refractivity contribution < 1.29 is 14.3 Å². The number of rotatable bonds is 3. The largest absolute Gasteiger partial charge is 0.480 e. The second-order valence-electron chi connectivity index (χ2n) is 3.72. The summed E-state index contributed by atoms with van der Waals surface area (Å²) in [5, 5.41) is 12.2. The highest BCUT2D eigenvalue weighted by Crippen LogP contribution is 2.22. The first-order valence-electron chi connectivity index (χ1n) is 5.11. The van der Waals surface area contributed by atoms with Gasteiger partial charge in [-0.2, -0.15) is 0 Å². The van der Waals surface area contributed by atoms with Gasteiger partial charge in [-0.25, -0.2) is 4.39 Å². The standard InChI is InChI=1S/C12H11FN2O2/c1-7(12(16)17)15-11-4-5-14-10-3-2-8(13)6-9(10)11/h2-7H,1H3,(H,14,15)(H,16,17). The monoisotopic (exact) mass is 234 g/mol. The molecule has 2 N–H and O–H groups in total. The summed E-state index contributed by atoms with van der Waals surface area (Å²) in [6.07, 6.45) is 1.55. The van der Waals surface area contributed by atoms with Gasteiger partial charge in [0.25, 0.3) is 0 Å². The number of hydrogen-bond donors (Lipinski definition) is 2. The number of carbonyl (C=O) groups is 1. The minimum atomic E-state index is -0.966. The van der Waals surface area contributed by atoms with Crippen LogP contribution >= 0.6 is 0 Å². The second-order valence-corrected chi connectivity index (χ2v) is 3.72. The van der Waals surface area contributed by atoms with Crippen LogP contribution in [-0.4, -0.2) is 22.1 Å². The van der Waals surface area contributed by atoms with Gasteiger partial charge in [0, 0.05) is 17.3 Å². The van der Waals surface area contributed by atoms with E-state index in [1.165, 1.54) is 19.1 Å². The van der Waals surface area contributed by atoms with Crippen molar-refractivity contribution in [2.75, 3.05) is 5.32 Å². The number of pyridine rings is 1. The fourth-order valence-corrected chi connectivity index (χ4v) is 1.54. The third-order valence-electron chi connectivity index (χ3n) is 2.45. The molecule has 88 valence electrons. The van der Waals surface area contributed by atoms with E-state index in [0.717, 1.165) is 0 Å². The molecule has 2 aromatic rings. The molecule has 1 aromatic carbocycles. The number of aromatic nitrogens is 1. The molecule has 1 unspecified atom stereocenters. The molecule has 0 spiro atoms. The van der Waals surface area contributed by atoms with Crippen molar-refractivity contribution in [2.45, 2.75) is 13.0 Å². The summed E-state index contributed by atoms with van der Waals surface area (Å²) >= 11 is 0. The molecular weight excluding hydrogens is 223 g/mol. The maximum absolute atomic E-state index is 13.1. The van der Waals surface area contributed by atoms with Crippen LogP contribution in [0.5, 0.6) is 0 Å². The molecule has 1 heterocycles. The van der Waals surface area contributed by atoms with Gasteiger partial charge in [0.05, 0.1) is 5.52 Å². The third-order valence-corrected chi connectivity index (χ3v) is 2.45. The fourth-order valence-electron chi connectivity index (χ4n) is 1.54. The van der Waals surface area contributed by atoms with Crippen LogP contribution in [0.4, 0.5) is 10.1 Å². The van der Waals surface area contributed by atoms with Crippen LogP contribution in [0, 0.1) is 5.82 Å². The Hall–Kier alpha value is -2.17. The number of anilines is 1. The zero-order valence-electron chi connectivity index (χ0n) is 9.14. The van der Waals surface area contributed by atoms with E-state index < -0.39 is 12.0 Å². The molecule has 0 amide bonds. The number of benzene rings is 1. The van der Waals surface area contributed by atoms with Crippen molar-refractivity contribution in [3.63, 3.8) is 0 Å². The Labute approximate surface area is 97.1 Å². The topological polar surface area (TPSA) is 62.2 Å². The molecule has 0 fully saturated rings. The molecule has 0 saturated heterocycles. The highest BCUT2D eigenvalue weighted by Gasteiger charge is 2.12. The van der Waals surface area contributed by atoms with Crippen LogP contribution in [0.1, 0.15) is 6.92 Å². The van der Waals surface area contributed by atoms with E-state index in [0.29, 0.717) is 16.6 Å². The number of aliphatic carboxylic acids is 1. The molecule has 4 nitrogen and oxygen atoms in total. The Bertz CT molecular complexity index is 571. The second kappa shape index (κ2) is 4.37. The number of nitrogens with one attached hydrogen (secondary N) is 1. The summed E-state index contributed by atoms with van der Waals surface area (Å²) < 4.78 is 13.1. The van der Waals surface area contributed by atoms with Gasteiger partial charge in [0.2, 0.25) is 0 Å². The van der Waals surface area contributed by atoms with Crippen LogP contribution in [0.25, 0.3) is 10.9 Å². The van der Waals surface area contributed by atoms with Crippen molar-refractivity contribution in [1.82, 2.24) is 4.98 Å². The van der Waals surface area contributed by atoms with Crippen LogP contribution < -0.4 is 5.32 Å². The number of hydrogen-bond acceptors (Lipinski definition) is 3. The fraction of sp³-hybridized carbons (Fsp3) is 0.167. The van der Waals surface area contributed by atoms with Gasteiger partial charge in [-0.15, -0.1) is 0 Å². The number of nitrogens with zero attached hydrogens (tertiary/aromatic N) is 1. The summed E-state index contributed by atoms with van der Waals surface area (Å²) in [6.45, 7) is 1.52. The van der Waals surface area contributed by atoms with Crippen molar-refractivity contribution in [2.24, 2.45) is 0 Å². The molecule has 0 aliphatic carbocycles. The molecule has 1 aromatic heterocycles. The highest BCUT2D eigenvalue weighted by atomic mass is 19.1. The predicted octanol–water partition coefficient (Wildman–Crippen LogP) is 2.26. The van der Waals surface area contributed by atoms with E-state index in [9.17, 15) is 9.18 Å². The lowest BCUT2D eigenvalue weighted by atomic mass is 10.1. The Balaban J connectivity index is 2.46. The Morgan fingerprint density at radius 2 is 2.24 bits per heavy atom. The van der Waals surface area contributed by atoms with Gasteiger partial charge in [-0.3, -0.25) is 9.78 Å². The summed E-state index contributed by atoms with van der Waals surface area (Å²) in [6, 6.07) is 5.09. The van der Waals surface area contributed by atoms with E-state index in [1.807, 2.05) is 0 Å². The molecule has 1 atom stereocenters. The van der Waals surface area contributed by atoms with Crippen LogP contribution in [0.3, 0.4) is 0 Å². The Morgan fingerprint density at radius 3 is 2.94 bits per heavy atom. The quantitative estimate of drug-likeness (QED) is 0.855. The molecule has 17 heavy (non-hydrogen) atoms. The normalized spacial score (nSPS) is 12.4. The van der Waals surface area contributed by atoms with Gasteiger partial charge >= 0.3 is 5.97 Å². The van der Waals surface area contributed by atoms with E-state index in [1.54, 1.807) is 18.3 Å². The minimum Gasteiger partial charge on any atom is -0.480 e. The SMILES string of the molecule is CC(Nc1ccnc2ccc(F)cc12)C(=O)O. The summed E-state index contributed by atoms with van der Waals surface area (Å²) in [5.41, 5.74) is 1.18. The molecule has 0 bridgehead atoms. The predicted molar refractivity (Wildman–Crippen MR) is 62.4 cm³/mol. The van der Waals surface area contributed by atoms with Gasteiger partial charge in [-0.1, -0.05) is 0 Å². The lowest BCUT2D eigenvalue weighted by molar-refractivity contribution is -0.137. The zero-order chi connectivity index (χ0) is 12.4. The van der Waals surface area contributed by atoms with Crippen molar-refractivity contribution in [1.29, 1.82) is 0 Å². The molecule has 0 aliphatic rings. The maximum Gasteiger partial charge on any atom is 0.325 e. The first kappa shape index (κ1) is 11.3. The van der Waals surface area contributed by atoms with Crippen LogP contribution in [-0.2, 0) is 4.79 Å².